The highest BCUT2D eigenvalue weighted by atomic mass is 32.1. The third-order valence-corrected chi connectivity index (χ3v) is 8.42. The number of ether oxygens (including phenoxy) is 2. The lowest BCUT2D eigenvalue weighted by Crippen LogP contribution is -2.57. The van der Waals surface area contributed by atoms with Gasteiger partial charge in [0.15, 0.2) is 12.5 Å². The Bertz CT molecular complexity index is 968. The van der Waals surface area contributed by atoms with Crippen LogP contribution in [0.4, 0.5) is 0 Å². The number of nitrogens with zero attached hydrogens (tertiary/aromatic N) is 1. The monoisotopic (exact) mass is 580 g/mol. The normalized spacial score (nSPS) is 40.6. The highest BCUT2D eigenvalue weighted by Crippen LogP contribution is 2.61. The van der Waals surface area contributed by atoms with Gasteiger partial charge < -0.3 is 55.0 Å². The second-order valence-corrected chi connectivity index (χ2v) is 11.4. The van der Waals surface area contributed by atoms with Gasteiger partial charge in [-0.3, -0.25) is 13.8 Å². The summed E-state index contributed by atoms with van der Waals surface area (Å²) >= 11 is 3.90. The van der Waals surface area contributed by atoms with E-state index >= 15 is 0 Å². The van der Waals surface area contributed by atoms with Crippen LogP contribution in [-0.4, -0.2) is 114 Å². The number of hydrogen-bond donors (Lipinski definition) is 9. The van der Waals surface area contributed by atoms with E-state index in [2.05, 4.69) is 37.9 Å². The topological polar surface area (TPSA) is 254 Å². The second kappa shape index (κ2) is 11.4. The van der Waals surface area contributed by atoms with Gasteiger partial charge in [0.2, 0.25) is 0 Å². The summed E-state index contributed by atoms with van der Waals surface area (Å²) in [6, 6.07) is 0. The zero-order chi connectivity index (χ0) is 27.0. The summed E-state index contributed by atoms with van der Waals surface area (Å²) < 4.78 is 48.3. The summed E-state index contributed by atoms with van der Waals surface area (Å²) in [6.45, 7) is 1.86. The molecule has 11 atom stereocenters. The van der Waals surface area contributed by atoms with Gasteiger partial charge in [-0.2, -0.15) is 16.9 Å². The Labute approximate surface area is 209 Å². The van der Waals surface area contributed by atoms with Gasteiger partial charge in [0, 0.05) is 12.3 Å². The number of hydrogen-bond acceptors (Lipinski definition) is 15. The van der Waals surface area contributed by atoms with Crippen molar-refractivity contribution in [3.05, 3.63) is 24.7 Å². The van der Waals surface area contributed by atoms with E-state index in [4.69, 9.17) is 9.47 Å². The Morgan fingerprint density at radius 1 is 1.06 bits per heavy atom. The molecule has 3 heterocycles. The van der Waals surface area contributed by atoms with E-state index in [-0.39, 0.29) is 5.82 Å². The van der Waals surface area contributed by atoms with Crippen molar-refractivity contribution in [2.75, 3.05) is 13.2 Å². The molecule has 206 valence electrons. The Morgan fingerprint density at radius 2 is 1.69 bits per heavy atom. The number of aliphatic hydroxyl groups excluding tert-OH is 5. The number of nitrogens with one attached hydrogen (secondary N) is 1. The number of amides is 1. The molecule has 0 spiro atoms. The first kappa shape index (κ1) is 29.6. The number of phosphoric ester groups is 2. The molecule has 0 saturated carbocycles. The number of carbonyl (C=O) groups is 1. The van der Waals surface area contributed by atoms with Crippen LogP contribution in [0.2, 0.25) is 0 Å². The molecule has 0 aliphatic carbocycles. The van der Waals surface area contributed by atoms with Gasteiger partial charge in [-0.05, 0) is 0 Å². The van der Waals surface area contributed by atoms with Gasteiger partial charge >= 0.3 is 15.6 Å². The quantitative estimate of drug-likeness (QED) is 0.0963. The van der Waals surface area contributed by atoms with E-state index in [0.29, 0.717) is 0 Å². The summed E-state index contributed by atoms with van der Waals surface area (Å²) in [5.41, 5.74) is 0. The third kappa shape index (κ3) is 6.74. The van der Waals surface area contributed by atoms with Crippen LogP contribution >= 0.6 is 28.3 Å². The fraction of sp³-hybridized carbons (Fsp3) is 0.688. The van der Waals surface area contributed by atoms with Crippen LogP contribution < -0.4 is 5.32 Å². The molecule has 8 N–H and O–H groups in total. The van der Waals surface area contributed by atoms with E-state index < -0.39 is 89.2 Å². The summed E-state index contributed by atoms with van der Waals surface area (Å²) in [4.78, 5) is 32.3. The molecule has 3 rings (SSSR count). The van der Waals surface area contributed by atoms with E-state index in [0.717, 1.165) is 6.08 Å². The zero-order valence-electron chi connectivity index (χ0n) is 18.2. The van der Waals surface area contributed by atoms with Crippen LogP contribution in [0.25, 0.3) is 0 Å². The largest absolute Gasteiger partial charge is 0.483 e. The Hall–Kier alpha value is -0.920. The van der Waals surface area contributed by atoms with Crippen LogP contribution in [0, 0.1) is 0 Å². The zero-order valence-corrected chi connectivity index (χ0v) is 20.8. The van der Waals surface area contributed by atoms with Gasteiger partial charge in [0.25, 0.3) is 5.91 Å². The molecule has 0 bridgehead atoms. The van der Waals surface area contributed by atoms with Gasteiger partial charge in [-0.15, -0.1) is 0 Å². The number of phosphoric acid groups is 2. The van der Waals surface area contributed by atoms with Crippen LogP contribution in [0.3, 0.4) is 0 Å². The highest BCUT2D eigenvalue weighted by Gasteiger charge is 2.49. The molecule has 1 amide bonds. The van der Waals surface area contributed by atoms with Crippen molar-refractivity contribution >= 4 is 34.2 Å². The van der Waals surface area contributed by atoms with Gasteiger partial charge in [-0.25, -0.2) is 9.13 Å². The molecule has 2 fully saturated rings. The Morgan fingerprint density at radius 3 is 2.31 bits per heavy atom. The van der Waals surface area contributed by atoms with Crippen molar-refractivity contribution < 1.29 is 72.1 Å². The lowest BCUT2D eigenvalue weighted by Gasteiger charge is -2.40. The second-order valence-electron chi connectivity index (χ2n) is 7.82. The number of carbonyl (C=O) groups excluding carboxylic acids is 1. The average Bonchev–Trinajstić information content (AvgIpc) is 3.06. The van der Waals surface area contributed by atoms with Gasteiger partial charge in [0.05, 0.1) is 24.6 Å². The molecule has 17 nitrogen and oxygen atoms in total. The fourth-order valence-corrected chi connectivity index (χ4v) is 6.02. The van der Waals surface area contributed by atoms with E-state index in [9.17, 15) is 49.2 Å². The SMILES string of the molecule is C=C1NC(=O)C=CN1[C@@H]1O[C@H](COP(=O)(O)OP(=O)(O)O[C@H]2OC(CO)[C@@H](O)[C@H](O)C2S)C(O)[C@@H]1O. The maximum atomic E-state index is 12.3. The maximum absolute atomic E-state index is 12.3. The summed E-state index contributed by atoms with van der Waals surface area (Å²) in [5.74, 6) is -0.470. The smallest absolute Gasteiger partial charge is 0.394 e. The minimum atomic E-state index is -5.45. The Kier molecular flexibility index (Phi) is 9.42. The molecule has 3 aliphatic heterocycles. The van der Waals surface area contributed by atoms with Crippen molar-refractivity contribution in [3.8, 4) is 0 Å². The lowest BCUT2D eigenvalue weighted by atomic mass is 10.0. The molecule has 5 unspecified atom stereocenters. The van der Waals surface area contributed by atoms with Crippen LogP contribution in [0.5, 0.6) is 0 Å². The molecule has 0 radical (unpaired) electrons. The molecule has 3 aliphatic rings. The standard InChI is InChI=1S/C16H26N2O15P2S/c1-6-17-9(20)2-3-18(6)15-13(24)11(22)8(30-15)5-29-34(25,26)33-35(27,28)32-16-14(36)12(23)10(21)7(4-19)31-16/h2-3,7-8,10-16,19,21-24,36H,1,4-5H2,(H,17,20)(H,25,26)(H,27,28)/t7?,8-,10-,11?,12+,13+,14?,15-,16-/m1/s1. The summed E-state index contributed by atoms with van der Waals surface area (Å²) in [6.07, 6.45) is -10.2. The Balaban J connectivity index is 1.58. The molecule has 36 heavy (non-hydrogen) atoms. The van der Waals surface area contributed by atoms with E-state index in [1.807, 2.05) is 0 Å². The molecule has 0 aromatic carbocycles. The van der Waals surface area contributed by atoms with E-state index in [1.165, 1.54) is 11.1 Å². The molecule has 0 aromatic heterocycles. The van der Waals surface area contributed by atoms with Crippen molar-refractivity contribution in [1.29, 1.82) is 0 Å². The van der Waals surface area contributed by atoms with E-state index in [1.54, 1.807) is 0 Å². The minimum Gasteiger partial charge on any atom is -0.394 e. The summed E-state index contributed by atoms with van der Waals surface area (Å²) in [5, 5.41) is 50.3. The average molecular weight is 580 g/mol. The van der Waals surface area contributed by atoms with Crippen LogP contribution in [0.15, 0.2) is 24.7 Å². The third-order valence-electron chi connectivity index (χ3n) is 5.27. The summed E-state index contributed by atoms with van der Waals surface area (Å²) in [7, 11) is -10.8. The number of aliphatic hydroxyl groups is 5. The molecular formula is C16H26N2O15P2S. The molecule has 20 heteroatoms. The first-order chi connectivity index (χ1) is 16.7. The number of rotatable bonds is 9. The van der Waals surface area contributed by atoms with Gasteiger partial charge in [-0.1, -0.05) is 6.58 Å². The van der Waals surface area contributed by atoms with Crippen molar-refractivity contribution in [1.82, 2.24) is 10.2 Å². The molecular weight excluding hydrogens is 554 g/mol. The van der Waals surface area contributed by atoms with Gasteiger partial charge in [0.1, 0.15) is 36.3 Å². The predicted octanol–water partition coefficient (Wildman–Crippen LogP) is -3.16. The van der Waals surface area contributed by atoms with Crippen LogP contribution in [0.1, 0.15) is 0 Å². The fourth-order valence-electron chi connectivity index (χ4n) is 3.45. The van der Waals surface area contributed by atoms with Crippen LogP contribution in [-0.2, 0) is 36.8 Å². The first-order valence-electron chi connectivity index (χ1n) is 10.1. The van der Waals surface area contributed by atoms with Crippen molar-refractivity contribution in [2.24, 2.45) is 0 Å². The first-order valence-corrected chi connectivity index (χ1v) is 13.6. The highest BCUT2D eigenvalue weighted by molar-refractivity contribution is 7.81. The predicted molar refractivity (Wildman–Crippen MR) is 117 cm³/mol. The number of thiol groups is 1. The lowest BCUT2D eigenvalue weighted by molar-refractivity contribution is -0.228. The van der Waals surface area contributed by atoms with Crippen molar-refractivity contribution in [2.45, 2.75) is 54.4 Å². The van der Waals surface area contributed by atoms with Crippen molar-refractivity contribution in [3.63, 3.8) is 0 Å². The molecule has 0 aromatic rings. The minimum absolute atomic E-state index is 0.0170. The maximum Gasteiger partial charge on any atom is 0.483 e. The molecule has 2 saturated heterocycles.